The Kier molecular flexibility index (Phi) is 6.32. The summed E-state index contributed by atoms with van der Waals surface area (Å²) in [4.78, 5) is 16.9. The Balaban J connectivity index is 0.00000116. The first-order valence-electron chi connectivity index (χ1n) is 7.33. The molecule has 1 heterocycles. The first-order chi connectivity index (χ1) is 10.6. The second-order valence-electron chi connectivity index (χ2n) is 4.46. The van der Waals surface area contributed by atoms with Gasteiger partial charge in [0.25, 0.3) is 5.56 Å². The molecule has 0 aliphatic carbocycles. The van der Waals surface area contributed by atoms with Crippen LogP contribution in [0.5, 0.6) is 0 Å². The standard InChI is InChI=1S/C16H17N3O.C2H6/c1-4-6-12(7-5-2)19-15(20)13-10-11(3)8-9-14(13)18-16(19)17;1-2/h4-10H,1H2,2-3H3,(H2,17,18);1-2H3/b7-5-,12-6+;. The predicted molar refractivity (Wildman–Crippen MR) is 95.8 cm³/mol. The number of allylic oxidation sites excluding steroid dienone is 5. The number of anilines is 1. The number of nitrogen functional groups attached to an aromatic ring is 1. The van der Waals surface area contributed by atoms with Gasteiger partial charge in [-0.2, -0.15) is 0 Å². The highest BCUT2D eigenvalue weighted by atomic mass is 16.1. The number of hydrogen-bond acceptors (Lipinski definition) is 3. The summed E-state index contributed by atoms with van der Waals surface area (Å²) in [5, 5.41) is 0.554. The van der Waals surface area contributed by atoms with E-state index in [9.17, 15) is 4.79 Å². The number of benzene rings is 1. The lowest BCUT2D eigenvalue weighted by molar-refractivity contribution is 1.01. The molecule has 1 aromatic heterocycles. The van der Waals surface area contributed by atoms with E-state index in [1.54, 1.807) is 24.3 Å². The van der Waals surface area contributed by atoms with Gasteiger partial charge in [0.2, 0.25) is 5.95 Å². The van der Waals surface area contributed by atoms with Crippen LogP contribution in [0, 0.1) is 6.92 Å². The molecule has 0 saturated heterocycles. The number of rotatable bonds is 3. The highest BCUT2D eigenvalue weighted by Crippen LogP contribution is 2.15. The van der Waals surface area contributed by atoms with Crippen molar-refractivity contribution in [1.29, 1.82) is 0 Å². The molecular weight excluding hydrogens is 274 g/mol. The van der Waals surface area contributed by atoms with Crippen molar-refractivity contribution < 1.29 is 0 Å². The molecule has 0 bridgehead atoms. The molecule has 22 heavy (non-hydrogen) atoms. The molecule has 1 aromatic carbocycles. The van der Waals surface area contributed by atoms with E-state index in [2.05, 4.69) is 11.6 Å². The highest BCUT2D eigenvalue weighted by molar-refractivity contribution is 5.81. The molecule has 0 fully saturated rings. The highest BCUT2D eigenvalue weighted by Gasteiger charge is 2.10. The molecular formula is C18H23N3O. The molecule has 116 valence electrons. The molecule has 4 nitrogen and oxygen atoms in total. The SMILES string of the molecule is C=C/C=C(\C=C/C)n1c(N)nc2ccc(C)cc2c1=O.CC. The van der Waals surface area contributed by atoms with Crippen LogP contribution < -0.4 is 11.3 Å². The van der Waals surface area contributed by atoms with Crippen molar-refractivity contribution in [3.63, 3.8) is 0 Å². The first-order valence-corrected chi connectivity index (χ1v) is 7.33. The molecule has 4 heteroatoms. The number of nitrogens with zero attached hydrogens (tertiary/aromatic N) is 2. The average molecular weight is 297 g/mol. The van der Waals surface area contributed by atoms with Gasteiger partial charge in [-0.05, 0) is 38.1 Å². The van der Waals surface area contributed by atoms with Gasteiger partial charge in [-0.15, -0.1) is 0 Å². The Morgan fingerprint density at radius 2 is 2.05 bits per heavy atom. The van der Waals surface area contributed by atoms with Gasteiger partial charge in [0.05, 0.1) is 16.6 Å². The van der Waals surface area contributed by atoms with Crippen LogP contribution in [-0.4, -0.2) is 9.55 Å². The number of nitrogens with two attached hydrogens (primary N) is 1. The summed E-state index contributed by atoms with van der Waals surface area (Å²) in [6, 6.07) is 5.53. The van der Waals surface area contributed by atoms with Crippen LogP contribution in [0.25, 0.3) is 16.6 Å². The second kappa shape index (κ2) is 7.98. The Morgan fingerprint density at radius 1 is 1.36 bits per heavy atom. The normalized spacial score (nSPS) is 11.4. The molecule has 0 spiro atoms. The van der Waals surface area contributed by atoms with Crippen LogP contribution in [0.4, 0.5) is 5.95 Å². The van der Waals surface area contributed by atoms with Crippen molar-refractivity contribution in [3.8, 4) is 0 Å². The Labute approximate surface area is 131 Å². The van der Waals surface area contributed by atoms with Gasteiger partial charge in [-0.25, -0.2) is 9.55 Å². The summed E-state index contributed by atoms with van der Waals surface area (Å²) in [7, 11) is 0. The van der Waals surface area contributed by atoms with Gasteiger partial charge in [0, 0.05) is 0 Å². The minimum Gasteiger partial charge on any atom is -0.369 e. The Morgan fingerprint density at radius 3 is 2.64 bits per heavy atom. The number of hydrogen-bond donors (Lipinski definition) is 1. The van der Waals surface area contributed by atoms with Crippen LogP contribution in [0.3, 0.4) is 0 Å². The summed E-state index contributed by atoms with van der Waals surface area (Å²) in [6.45, 7) is 11.5. The first kappa shape index (κ1) is 17.4. The Bertz CT molecular complexity index is 783. The van der Waals surface area contributed by atoms with E-state index in [1.807, 2.05) is 45.9 Å². The maximum atomic E-state index is 12.6. The molecule has 0 aliphatic rings. The summed E-state index contributed by atoms with van der Waals surface area (Å²) in [6.07, 6.45) is 6.97. The van der Waals surface area contributed by atoms with Gasteiger partial charge < -0.3 is 5.73 Å². The van der Waals surface area contributed by atoms with E-state index >= 15 is 0 Å². The molecule has 2 rings (SSSR count). The van der Waals surface area contributed by atoms with Crippen LogP contribution in [0.15, 0.2) is 53.9 Å². The summed E-state index contributed by atoms with van der Waals surface area (Å²) >= 11 is 0. The van der Waals surface area contributed by atoms with Gasteiger partial charge in [-0.1, -0.05) is 44.2 Å². The maximum Gasteiger partial charge on any atom is 0.267 e. The smallest absolute Gasteiger partial charge is 0.267 e. The lowest BCUT2D eigenvalue weighted by Gasteiger charge is -2.11. The van der Waals surface area contributed by atoms with Crippen LogP contribution in [0.1, 0.15) is 26.3 Å². The van der Waals surface area contributed by atoms with Crippen molar-refractivity contribution in [2.75, 3.05) is 5.73 Å². The lowest BCUT2D eigenvalue weighted by Crippen LogP contribution is -2.23. The average Bonchev–Trinajstić information content (AvgIpc) is 2.51. The zero-order valence-electron chi connectivity index (χ0n) is 13.6. The van der Waals surface area contributed by atoms with Crippen molar-refractivity contribution in [2.45, 2.75) is 27.7 Å². The fourth-order valence-corrected chi connectivity index (χ4v) is 2.06. The van der Waals surface area contributed by atoms with Gasteiger partial charge >= 0.3 is 0 Å². The van der Waals surface area contributed by atoms with Crippen LogP contribution >= 0.6 is 0 Å². The van der Waals surface area contributed by atoms with E-state index in [0.29, 0.717) is 16.6 Å². The monoisotopic (exact) mass is 297 g/mol. The van der Waals surface area contributed by atoms with Crippen LogP contribution in [0.2, 0.25) is 0 Å². The number of aromatic nitrogens is 2. The number of fused-ring (bicyclic) bond motifs is 1. The molecule has 0 atom stereocenters. The molecule has 2 aromatic rings. The lowest BCUT2D eigenvalue weighted by atomic mass is 10.1. The van der Waals surface area contributed by atoms with E-state index in [1.165, 1.54) is 4.57 Å². The van der Waals surface area contributed by atoms with E-state index < -0.39 is 0 Å². The van der Waals surface area contributed by atoms with Gasteiger partial charge in [0.1, 0.15) is 0 Å². The van der Waals surface area contributed by atoms with Crippen molar-refractivity contribution >= 4 is 22.5 Å². The quantitative estimate of drug-likeness (QED) is 0.874. The third kappa shape index (κ3) is 3.52. The molecule has 0 aliphatic heterocycles. The molecule has 0 saturated carbocycles. The molecule has 2 N–H and O–H groups in total. The van der Waals surface area contributed by atoms with Gasteiger partial charge in [-0.3, -0.25) is 4.79 Å². The second-order valence-corrected chi connectivity index (χ2v) is 4.46. The minimum atomic E-state index is -0.178. The maximum absolute atomic E-state index is 12.6. The zero-order valence-corrected chi connectivity index (χ0v) is 13.6. The fourth-order valence-electron chi connectivity index (χ4n) is 2.06. The van der Waals surface area contributed by atoms with E-state index in [-0.39, 0.29) is 11.5 Å². The largest absolute Gasteiger partial charge is 0.369 e. The van der Waals surface area contributed by atoms with E-state index in [4.69, 9.17) is 5.73 Å². The predicted octanol–water partition coefficient (Wildman–Crippen LogP) is 3.92. The third-order valence-electron chi connectivity index (χ3n) is 2.93. The third-order valence-corrected chi connectivity index (χ3v) is 2.93. The van der Waals surface area contributed by atoms with Gasteiger partial charge in [0.15, 0.2) is 0 Å². The van der Waals surface area contributed by atoms with Crippen molar-refractivity contribution in [2.24, 2.45) is 0 Å². The fraction of sp³-hybridized carbons (Fsp3) is 0.222. The zero-order chi connectivity index (χ0) is 16.7. The summed E-state index contributed by atoms with van der Waals surface area (Å²) in [5.41, 5.74) is 8.00. The summed E-state index contributed by atoms with van der Waals surface area (Å²) in [5.74, 6) is 0.164. The molecule has 0 unspecified atom stereocenters. The summed E-state index contributed by atoms with van der Waals surface area (Å²) < 4.78 is 1.39. The minimum absolute atomic E-state index is 0.164. The topological polar surface area (TPSA) is 60.9 Å². The van der Waals surface area contributed by atoms with Crippen LogP contribution in [-0.2, 0) is 0 Å². The van der Waals surface area contributed by atoms with E-state index in [0.717, 1.165) is 5.56 Å². The number of aryl methyl sites for hydroxylation is 1. The van der Waals surface area contributed by atoms with Crippen molar-refractivity contribution in [1.82, 2.24) is 9.55 Å². The molecule has 0 radical (unpaired) electrons. The van der Waals surface area contributed by atoms with Crippen molar-refractivity contribution in [3.05, 3.63) is 65.0 Å². The molecule has 0 amide bonds. The Hall–Kier alpha value is -2.62.